The van der Waals surface area contributed by atoms with E-state index in [4.69, 9.17) is 0 Å². The Bertz CT molecular complexity index is 139. The molecule has 0 aromatic carbocycles. The van der Waals surface area contributed by atoms with Crippen molar-refractivity contribution in [2.45, 2.75) is 52.2 Å². The molecule has 0 saturated heterocycles. The van der Waals surface area contributed by atoms with Crippen LogP contribution in [0.3, 0.4) is 0 Å². The van der Waals surface area contributed by atoms with Crippen molar-refractivity contribution < 1.29 is 5.11 Å². The monoisotopic (exact) mass is 202 g/mol. The second kappa shape index (κ2) is 7.21. The van der Waals surface area contributed by atoms with Crippen molar-refractivity contribution in [3.05, 3.63) is 0 Å². The number of hydrogen-bond donors (Lipinski definition) is 2. The highest BCUT2D eigenvalue weighted by atomic mass is 16.3. The number of hydrogen-bond acceptors (Lipinski definition) is 3. The molecule has 14 heavy (non-hydrogen) atoms. The van der Waals surface area contributed by atoms with Gasteiger partial charge in [0.05, 0.1) is 6.61 Å². The molecule has 0 aliphatic heterocycles. The van der Waals surface area contributed by atoms with Crippen molar-refractivity contribution in [3.63, 3.8) is 0 Å². The zero-order valence-corrected chi connectivity index (χ0v) is 10.2. The number of nitrogens with zero attached hydrogens (tertiary/aromatic N) is 1. The van der Waals surface area contributed by atoms with Crippen LogP contribution in [0.1, 0.15) is 34.1 Å². The molecule has 0 rings (SSSR count). The average molecular weight is 202 g/mol. The maximum absolute atomic E-state index is 9.19. The van der Waals surface area contributed by atoms with E-state index >= 15 is 0 Å². The average Bonchev–Trinajstić information content (AvgIpc) is 2.14. The molecule has 2 N–H and O–H groups in total. The van der Waals surface area contributed by atoms with E-state index < -0.39 is 0 Å². The van der Waals surface area contributed by atoms with Gasteiger partial charge in [0, 0.05) is 24.7 Å². The Balaban J connectivity index is 3.91. The minimum atomic E-state index is 0.189. The normalized spacial score (nSPS) is 16.3. The van der Waals surface area contributed by atoms with Gasteiger partial charge in [0.2, 0.25) is 0 Å². The van der Waals surface area contributed by atoms with Crippen LogP contribution in [0.5, 0.6) is 0 Å². The summed E-state index contributed by atoms with van der Waals surface area (Å²) in [5, 5.41) is 12.5. The second-order valence-electron chi connectivity index (χ2n) is 4.40. The molecule has 0 radical (unpaired) electrons. The molecule has 0 aliphatic rings. The molecule has 0 saturated carbocycles. The summed E-state index contributed by atoms with van der Waals surface area (Å²) in [5.41, 5.74) is 0. The van der Waals surface area contributed by atoms with Gasteiger partial charge >= 0.3 is 0 Å². The van der Waals surface area contributed by atoms with E-state index in [0.717, 1.165) is 13.0 Å². The third-order valence-corrected chi connectivity index (χ3v) is 2.64. The number of aliphatic hydroxyl groups is 1. The van der Waals surface area contributed by atoms with Crippen LogP contribution in [0.25, 0.3) is 0 Å². The van der Waals surface area contributed by atoms with Crippen LogP contribution in [0, 0.1) is 0 Å². The smallest absolute Gasteiger partial charge is 0.0597 e. The van der Waals surface area contributed by atoms with E-state index in [9.17, 15) is 5.11 Å². The first-order chi connectivity index (χ1) is 6.51. The molecule has 86 valence electrons. The van der Waals surface area contributed by atoms with Crippen LogP contribution in [-0.2, 0) is 0 Å². The fourth-order valence-corrected chi connectivity index (χ4v) is 1.47. The van der Waals surface area contributed by atoms with Gasteiger partial charge in [0.25, 0.3) is 0 Å². The highest BCUT2D eigenvalue weighted by Crippen LogP contribution is 2.01. The van der Waals surface area contributed by atoms with Crippen molar-refractivity contribution in [1.82, 2.24) is 10.2 Å². The predicted octanol–water partition coefficient (Wildman–Crippen LogP) is 1.08. The zero-order chi connectivity index (χ0) is 11.1. The van der Waals surface area contributed by atoms with E-state index in [1.807, 2.05) is 0 Å². The highest BCUT2D eigenvalue weighted by Gasteiger charge is 2.14. The van der Waals surface area contributed by atoms with E-state index in [1.165, 1.54) is 0 Å². The molecular weight excluding hydrogens is 176 g/mol. The predicted molar refractivity (Wildman–Crippen MR) is 61.5 cm³/mol. The Morgan fingerprint density at radius 1 is 1.29 bits per heavy atom. The molecule has 0 bridgehead atoms. The number of likely N-dealkylation sites (N-methyl/N-ethyl adjacent to an activating group) is 1. The fourth-order valence-electron chi connectivity index (χ4n) is 1.47. The molecule has 0 amide bonds. The topological polar surface area (TPSA) is 35.5 Å². The van der Waals surface area contributed by atoms with Crippen LogP contribution >= 0.6 is 0 Å². The summed E-state index contributed by atoms with van der Waals surface area (Å²) in [7, 11) is 2.11. The largest absolute Gasteiger partial charge is 0.395 e. The minimum absolute atomic E-state index is 0.189. The van der Waals surface area contributed by atoms with Gasteiger partial charge in [-0.3, -0.25) is 0 Å². The number of aliphatic hydroxyl groups excluding tert-OH is 1. The van der Waals surface area contributed by atoms with Gasteiger partial charge in [-0.2, -0.15) is 0 Å². The lowest BCUT2D eigenvalue weighted by molar-refractivity contribution is 0.167. The molecule has 0 aliphatic carbocycles. The van der Waals surface area contributed by atoms with E-state index in [1.54, 1.807) is 0 Å². The highest BCUT2D eigenvalue weighted by molar-refractivity contribution is 4.74. The molecule has 0 aromatic rings. The Morgan fingerprint density at radius 3 is 2.21 bits per heavy atom. The van der Waals surface area contributed by atoms with Crippen molar-refractivity contribution >= 4 is 0 Å². The van der Waals surface area contributed by atoms with Gasteiger partial charge in [0.15, 0.2) is 0 Å². The quantitative estimate of drug-likeness (QED) is 0.648. The van der Waals surface area contributed by atoms with Crippen LogP contribution in [0.4, 0.5) is 0 Å². The molecule has 3 heteroatoms. The lowest BCUT2D eigenvalue weighted by Crippen LogP contribution is -2.47. The van der Waals surface area contributed by atoms with Gasteiger partial charge in [-0.15, -0.1) is 0 Å². The van der Waals surface area contributed by atoms with Crippen molar-refractivity contribution in [2.24, 2.45) is 0 Å². The summed E-state index contributed by atoms with van der Waals surface area (Å²) in [4.78, 5) is 2.29. The molecule has 0 heterocycles. The Hall–Kier alpha value is -0.120. The lowest BCUT2D eigenvalue weighted by Gasteiger charge is -2.29. The molecule has 3 nitrogen and oxygen atoms in total. The third-order valence-electron chi connectivity index (χ3n) is 2.64. The summed E-state index contributed by atoms with van der Waals surface area (Å²) < 4.78 is 0. The Morgan fingerprint density at radius 2 is 1.86 bits per heavy atom. The molecule has 0 aromatic heterocycles. The van der Waals surface area contributed by atoms with Gasteiger partial charge < -0.3 is 15.3 Å². The molecule has 2 atom stereocenters. The SMILES string of the molecule is CCC(C)N(C)CC(CO)NC(C)C. The first-order valence-corrected chi connectivity index (χ1v) is 5.58. The van der Waals surface area contributed by atoms with Crippen molar-refractivity contribution in [3.8, 4) is 0 Å². The van der Waals surface area contributed by atoms with Crippen molar-refractivity contribution in [2.75, 3.05) is 20.2 Å². The second-order valence-corrected chi connectivity index (χ2v) is 4.40. The standard InChI is InChI=1S/C11H26N2O/c1-6-10(4)13(5)7-11(8-14)12-9(2)3/h9-12,14H,6-8H2,1-5H3. The molecule has 0 fully saturated rings. The summed E-state index contributed by atoms with van der Waals surface area (Å²) in [6, 6.07) is 1.20. The van der Waals surface area contributed by atoms with Crippen LogP contribution in [0.2, 0.25) is 0 Å². The molecular formula is C11H26N2O. The lowest BCUT2D eigenvalue weighted by atomic mass is 10.2. The van der Waals surface area contributed by atoms with Gasteiger partial charge in [0.1, 0.15) is 0 Å². The number of rotatable bonds is 7. The van der Waals surface area contributed by atoms with Crippen LogP contribution < -0.4 is 5.32 Å². The van der Waals surface area contributed by atoms with Gasteiger partial charge in [-0.25, -0.2) is 0 Å². The fraction of sp³-hybridized carbons (Fsp3) is 1.00. The first kappa shape index (κ1) is 13.9. The van der Waals surface area contributed by atoms with Gasteiger partial charge in [-0.05, 0) is 20.4 Å². The van der Waals surface area contributed by atoms with Crippen LogP contribution in [-0.4, -0.2) is 48.3 Å². The van der Waals surface area contributed by atoms with Gasteiger partial charge in [-0.1, -0.05) is 20.8 Å². The van der Waals surface area contributed by atoms with Crippen LogP contribution in [0.15, 0.2) is 0 Å². The Labute approximate surface area is 88.5 Å². The third kappa shape index (κ3) is 5.58. The van der Waals surface area contributed by atoms with E-state index in [2.05, 4.69) is 45.0 Å². The summed E-state index contributed by atoms with van der Waals surface area (Å²) in [6.45, 7) is 9.72. The maximum atomic E-state index is 9.19. The molecule has 2 unspecified atom stereocenters. The number of nitrogens with one attached hydrogen (secondary N) is 1. The van der Waals surface area contributed by atoms with E-state index in [0.29, 0.717) is 12.1 Å². The van der Waals surface area contributed by atoms with Crippen molar-refractivity contribution in [1.29, 1.82) is 0 Å². The molecule has 0 spiro atoms. The Kier molecular flexibility index (Phi) is 7.15. The summed E-state index contributed by atoms with van der Waals surface area (Å²) in [5.74, 6) is 0. The minimum Gasteiger partial charge on any atom is -0.395 e. The maximum Gasteiger partial charge on any atom is 0.0597 e. The zero-order valence-electron chi connectivity index (χ0n) is 10.2. The summed E-state index contributed by atoms with van der Waals surface area (Å²) in [6.07, 6.45) is 1.15. The first-order valence-electron chi connectivity index (χ1n) is 5.58. The summed E-state index contributed by atoms with van der Waals surface area (Å²) >= 11 is 0. The van der Waals surface area contributed by atoms with E-state index in [-0.39, 0.29) is 12.6 Å².